The number of esters is 1. The van der Waals surface area contributed by atoms with Crippen molar-refractivity contribution in [2.45, 2.75) is 45.0 Å². The minimum absolute atomic E-state index is 0.292. The second-order valence-corrected chi connectivity index (χ2v) is 5.39. The molecule has 0 bridgehead atoms. The summed E-state index contributed by atoms with van der Waals surface area (Å²) in [5.74, 6) is -0.944. The molecule has 0 aromatic rings. The lowest BCUT2D eigenvalue weighted by atomic mass is 9.86. The van der Waals surface area contributed by atoms with Crippen molar-refractivity contribution in [1.29, 1.82) is 0 Å². The highest BCUT2D eigenvalue weighted by molar-refractivity contribution is 5.91. The summed E-state index contributed by atoms with van der Waals surface area (Å²) in [6.45, 7) is 7.43. The Morgan fingerprint density at radius 1 is 1.32 bits per heavy atom. The number of fused-ring (bicyclic) bond motifs is 1. The average Bonchev–Trinajstić information content (AvgIpc) is 2.60. The van der Waals surface area contributed by atoms with E-state index in [0.717, 1.165) is 11.1 Å². The molecule has 0 radical (unpaired) electrons. The van der Waals surface area contributed by atoms with Crippen LogP contribution in [-0.4, -0.2) is 34.5 Å². The molecule has 0 aromatic carbocycles. The Hall–Kier alpha value is -1.39. The Morgan fingerprint density at radius 2 is 2.00 bits per heavy atom. The van der Waals surface area contributed by atoms with Crippen LogP contribution in [0.4, 0.5) is 0 Å². The number of allylic oxidation sites excluding steroid dienone is 1. The van der Waals surface area contributed by atoms with Gasteiger partial charge in [-0.25, -0.2) is 4.79 Å². The number of carbonyl (C=O) groups excluding carboxylic acids is 1. The minimum atomic E-state index is -0.789. The van der Waals surface area contributed by atoms with Crippen molar-refractivity contribution in [3.8, 4) is 0 Å². The number of ether oxygens (including phenoxy) is 1. The van der Waals surface area contributed by atoms with Crippen molar-refractivity contribution in [3.05, 3.63) is 35.5 Å². The monoisotopic (exact) mass is 264 g/mol. The van der Waals surface area contributed by atoms with Crippen LogP contribution in [0.5, 0.6) is 0 Å². The van der Waals surface area contributed by atoms with Crippen molar-refractivity contribution < 1.29 is 19.7 Å². The largest absolute Gasteiger partial charge is 0.454 e. The van der Waals surface area contributed by atoms with Crippen molar-refractivity contribution in [2.75, 3.05) is 0 Å². The van der Waals surface area contributed by atoms with Crippen LogP contribution < -0.4 is 0 Å². The van der Waals surface area contributed by atoms with Crippen molar-refractivity contribution in [2.24, 2.45) is 5.92 Å². The van der Waals surface area contributed by atoms with Crippen molar-refractivity contribution in [1.82, 2.24) is 0 Å². The standard InChI is InChI=1S/C15H20O4/c1-8-4-5-11(16)9(2)7-13-14(12(17)6-8)10(3)15(18)19-13/h6-7,11-14,16-17H,3-5H2,1-2H3/b8-6+,9-7-/t11-,12+,13-,14-/m0/s1. The quantitative estimate of drug-likeness (QED) is 0.395. The Morgan fingerprint density at radius 3 is 2.68 bits per heavy atom. The van der Waals surface area contributed by atoms with E-state index in [4.69, 9.17) is 4.74 Å². The van der Waals surface area contributed by atoms with Crippen molar-refractivity contribution >= 4 is 5.97 Å². The van der Waals surface area contributed by atoms with Gasteiger partial charge in [0.15, 0.2) is 0 Å². The molecule has 4 heteroatoms. The predicted molar refractivity (Wildman–Crippen MR) is 71.3 cm³/mol. The lowest BCUT2D eigenvalue weighted by molar-refractivity contribution is -0.137. The van der Waals surface area contributed by atoms with Gasteiger partial charge in [-0.15, -0.1) is 0 Å². The molecule has 0 spiro atoms. The number of hydrogen-bond donors (Lipinski definition) is 2. The molecule has 2 N–H and O–H groups in total. The third-order valence-corrected chi connectivity index (χ3v) is 3.85. The van der Waals surface area contributed by atoms with E-state index >= 15 is 0 Å². The first-order chi connectivity index (χ1) is 8.90. The molecule has 2 rings (SSSR count). The molecule has 4 atom stereocenters. The smallest absolute Gasteiger partial charge is 0.334 e. The van der Waals surface area contributed by atoms with Crippen LogP contribution in [0, 0.1) is 5.92 Å². The third kappa shape index (κ3) is 2.80. The highest BCUT2D eigenvalue weighted by Gasteiger charge is 2.41. The topological polar surface area (TPSA) is 66.8 Å². The van der Waals surface area contributed by atoms with Crippen LogP contribution in [0.3, 0.4) is 0 Å². The molecule has 1 saturated heterocycles. The van der Waals surface area contributed by atoms with E-state index in [1.807, 2.05) is 13.8 Å². The Bertz CT molecular complexity index is 461. The molecule has 4 nitrogen and oxygen atoms in total. The van der Waals surface area contributed by atoms with E-state index in [0.29, 0.717) is 18.4 Å². The second-order valence-electron chi connectivity index (χ2n) is 5.39. The number of aliphatic hydroxyl groups is 2. The second kappa shape index (κ2) is 5.31. The van der Waals surface area contributed by atoms with E-state index in [1.54, 1.807) is 12.2 Å². The number of aliphatic hydroxyl groups excluding tert-OH is 2. The van der Waals surface area contributed by atoms with Gasteiger partial charge in [-0.05, 0) is 38.3 Å². The summed E-state index contributed by atoms with van der Waals surface area (Å²) in [6.07, 6.45) is 2.88. The van der Waals surface area contributed by atoms with E-state index in [-0.39, 0.29) is 0 Å². The molecule has 1 aliphatic heterocycles. The average molecular weight is 264 g/mol. The first-order valence-electron chi connectivity index (χ1n) is 6.51. The number of hydrogen-bond acceptors (Lipinski definition) is 4. The maximum atomic E-state index is 11.6. The molecule has 0 amide bonds. The van der Waals surface area contributed by atoms with Gasteiger partial charge in [0.25, 0.3) is 0 Å². The summed E-state index contributed by atoms with van der Waals surface area (Å²) < 4.78 is 5.22. The molecule has 0 saturated carbocycles. The van der Waals surface area contributed by atoms with Gasteiger partial charge in [-0.3, -0.25) is 0 Å². The lowest BCUT2D eigenvalue weighted by Crippen LogP contribution is -2.28. The first kappa shape index (κ1) is 14.0. The third-order valence-electron chi connectivity index (χ3n) is 3.85. The van der Waals surface area contributed by atoms with E-state index < -0.39 is 30.2 Å². The zero-order valence-electron chi connectivity index (χ0n) is 11.3. The van der Waals surface area contributed by atoms with Crippen LogP contribution in [0.2, 0.25) is 0 Å². The summed E-state index contributed by atoms with van der Waals surface area (Å²) >= 11 is 0. The molecule has 0 unspecified atom stereocenters. The fourth-order valence-corrected chi connectivity index (χ4v) is 2.59. The summed E-state index contributed by atoms with van der Waals surface area (Å²) in [4.78, 5) is 11.6. The van der Waals surface area contributed by atoms with E-state index in [9.17, 15) is 15.0 Å². The van der Waals surface area contributed by atoms with Crippen molar-refractivity contribution in [3.63, 3.8) is 0 Å². The van der Waals surface area contributed by atoms with Gasteiger partial charge in [0, 0.05) is 5.57 Å². The van der Waals surface area contributed by atoms with E-state index in [1.165, 1.54) is 0 Å². The highest BCUT2D eigenvalue weighted by Crippen LogP contribution is 2.33. The Kier molecular flexibility index (Phi) is 3.92. The summed E-state index contributed by atoms with van der Waals surface area (Å²) in [5, 5.41) is 20.3. The molecule has 104 valence electrons. The van der Waals surface area contributed by atoms with Gasteiger partial charge < -0.3 is 14.9 Å². The van der Waals surface area contributed by atoms with Gasteiger partial charge in [0.2, 0.25) is 0 Å². The van der Waals surface area contributed by atoms with Crippen LogP contribution >= 0.6 is 0 Å². The molecule has 1 aliphatic carbocycles. The number of rotatable bonds is 0. The van der Waals surface area contributed by atoms with Gasteiger partial charge in [-0.1, -0.05) is 18.2 Å². The van der Waals surface area contributed by atoms with Gasteiger partial charge in [-0.2, -0.15) is 0 Å². The van der Waals surface area contributed by atoms with E-state index in [2.05, 4.69) is 6.58 Å². The first-order valence-corrected chi connectivity index (χ1v) is 6.51. The fourth-order valence-electron chi connectivity index (χ4n) is 2.59. The number of carbonyl (C=O) groups is 1. The van der Waals surface area contributed by atoms with Gasteiger partial charge in [0.05, 0.1) is 18.1 Å². The Labute approximate surface area is 113 Å². The molecular weight excluding hydrogens is 244 g/mol. The maximum Gasteiger partial charge on any atom is 0.334 e. The van der Waals surface area contributed by atoms with Crippen LogP contribution in [0.1, 0.15) is 26.7 Å². The zero-order chi connectivity index (χ0) is 14.2. The predicted octanol–water partition coefficient (Wildman–Crippen LogP) is 1.49. The van der Waals surface area contributed by atoms with Gasteiger partial charge >= 0.3 is 5.97 Å². The van der Waals surface area contributed by atoms with Crippen LogP contribution in [-0.2, 0) is 9.53 Å². The normalized spacial score (nSPS) is 41.7. The summed E-state index contributed by atoms with van der Waals surface area (Å²) in [7, 11) is 0. The summed E-state index contributed by atoms with van der Waals surface area (Å²) in [5.41, 5.74) is 2.05. The van der Waals surface area contributed by atoms with Crippen LogP contribution in [0.15, 0.2) is 35.5 Å². The van der Waals surface area contributed by atoms with Gasteiger partial charge in [0.1, 0.15) is 6.10 Å². The molecule has 1 fully saturated rings. The zero-order valence-corrected chi connectivity index (χ0v) is 11.3. The Balaban J connectivity index is 2.39. The molecular formula is C15H20O4. The summed E-state index contributed by atoms with van der Waals surface area (Å²) in [6, 6.07) is 0. The van der Waals surface area contributed by atoms with Crippen LogP contribution in [0.25, 0.3) is 0 Å². The molecule has 1 heterocycles. The fraction of sp³-hybridized carbons (Fsp3) is 0.533. The molecule has 19 heavy (non-hydrogen) atoms. The molecule has 0 aromatic heterocycles. The lowest BCUT2D eigenvalue weighted by Gasteiger charge is -2.22. The minimum Gasteiger partial charge on any atom is -0.454 e. The highest BCUT2D eigenvalue weighted by atomic mass is 16.6. The SMILES string of the molecule is C=C1C(=O)O[C@H]2/C=C(/C)[C@@H](O)CC/C(C)=C/[C@@H](O)[C@H]12. The maximum absolute atomic E-state index is 11.6. The molecule has 2 aliphatic rings.